The lowest BCUT2D eigenvalue weighted by Crippen LogP contribution is -2.42. The van der Waals surface area contributed by atoms with Gasteiger partial charge in [0, 0.05) is 55.6 Å². The van der Waals surface area contributed by atoms with Crippen LogP contribution in [-0.4, -0.2) is 56.1 Å². The van der Waals surface area contributed by atoms with E-state index in [9.17, 15) is 4.79 Å². The number of aryl methyl sites for hydroxylation is 2. The average molecular weight is 464 g/mol. The van der Waals surface area contributed by atoms with Crippen LogP contribution in [0.1, 0.15) is 29.3 Å². The average Bonchev–Trinajstić information content (AvgIpc) is 3.02. The summed E-state index contributed by atoms with van der Waals surface area (Å²) in [4.78, 5) is 23.6. The van der Waals surface area contributed by atoms with Gasteiger partial charge in [-0.15, -0.1) is 0 Å². The summed E-state index contributed by atoms with van der Waals surface area (Å²) in [5.41, 5.74) is 4.73. The number of piperidine rings is 1. The van der Waals surface area contributed by atoms with Crippen molar-refractivity contribution in [2.75, 3.05) is 36.0 Å². The number of likely N-dealkylation sites (tertiary alicyclic amines) is 1. The number of anilines is 2. The quantitative estimate of drug-likeness (QED) is 0.601. The molecule has 0 radical (unpaired) electrons. The molecule has 1 fully saturated rings. The molecule has 1 saturated heterocycles. The normalized spacial score (nSPS) is 18.8. The third kappa shape index (κ3) is 4.42. The lowest BCUT2D eigenvalue weighted by Gasteiger charge is -2.35. The van der Waals surface area contributed by atoms with E-state index in [1.807, 2.05) is 71.8 Å². The fourth-order valence-corrected chi connectivity index (χ4v) is 6.15. The molecule has 1 atom stereocenters. The Morgan fingerprint density at radius 2 is 1.97 bits per heavy atom. The highest BCUT2D eigenvalue weighted by atomic mass is 32.2. The third-order valence-corrected chi connectivity index (χ3v) is 7.89. The minimum absolute atomic E-state index is 0.0454. The van der Waals surface area contributed by atoms with Gasteiger partial charge in [-0.1, -0.05) is 6.07 Å². The summed E-state index contributed by atoms with van der Waals surface area (Å²) in [6.45, 7) is 4.31. The number of carbonyl (C=O) groups is 1. The molecule has 5 heterocycles. The number of pyridine rings is 2. The van der Waals surface area contributed by atoms with Gasteiger partial charge in [0.25, 0.3) is 0 Å². The molecule has 5 rings (SSSR count). The minimum atomic E-state index is -0.0454. The predicted octanol–water partition coefficient (Wildman–Crippen LogP) is 4.33. The Bertz CT molecular complexity index is 1130. The Balaban J connectivity index is 1.33. The summed E-state index contributed by atoms with van der Waals surface area (Å²) in [7, 11) is 2.00. The molecule has 9 heteroatoms. The van der Waals surface area contributed by atoms with Crippen LogP contribution in [0.25, 0.3) is 11.4 Å². The van der Waals surface area contributed by atoms with Crippen molar-refractivity contribution in [2.45, 2.75) is 25.0 Å². The van der Waals surface area contributed by atoms with Gasteiger partial charge < -0.3 is 15.5 Å². The molecule has 2 aliphatic heterocycles. The van der Waals surface area contributed by atoms with Crippen molar-refractivity contribution >= 4 is 29.3 Å². The number of hydrogen-bond acceptors (Lipinski definition) is 6. The molecule has 3 aromatic heterocycles. The summed E-state index contributed by atoms with van der Waals surface area (Å²) in [6, 6.07) is 9.67. The number of carbonyl (C=O) groups excluding carboxylic acids is 1. The molecule has 2 amide bonds. The molecule has 8 nitrogen and oxygen atoms in total. The van der Waals surface area contributed by atoms with E-state index >= 15 is 0 Å². The van der Waals surface area contributed by atoms with Crippen molar-refractivity contribution in [1.82, 2.24) is 24.6 Å². The maximum absolute atomic E-state index is 12.8. The van der Waals surface area contributed by atoms with Crippen molar-refractivity contribution in [3.63, 3.8) is 0 Å². The molecular weight excluding hydrogens is 434 g/mol. The van der Waals surface area contributed by atoms with Crippen LogP contribution in [0.15, 0.2) is 42.7 Å². The number of rotatable bonds is 3. The van der Waals surface area contributed by atoms with Crippen molar-refractivity contribution < 1.29 is 4.79 Å². The molecule has 0 aliphatic carbocycles. The van der Waals surface area contributed by atoms with E-state index in [0.29, 0.717) is 11.2 Å². The highest BCUT2D eigenvalue weighted by Gasteiger charge is 2.36. The summed E-state index contributed by atoms with van der Waals surface area (Å²) >= 11 is 2.00. The van der Waals surface area contributed by atoms with Gasteiger partial charge in [-0.05, 0) is 49.9 Å². The Kier molecular flexibility index (Phi) is 6.22. The van der Waals surface area contributed by atoms with E-state index in [0.717, 1.165) is 66.8 Å². The van der Waals surface area contributed by atoms with E-state index in [-0.39, 0.29) is 6.03 Å². The molecule has 33 heavy (non-hydrogen) atoms. The smallest absolute Gasteiger partial charge is 0.321 e. The second-order valence-electron chi connectivity index (χ2n) is 8.56. The number of urea groups is 1. The molecular formula is C24H29N7OS. The standard InChI is InChI=1S/C24H29N7OS/c1-16-18(7-5-11-25-16)28-24(32)31-13-8-17(9-14-31)22-20-21(19-6-3-4-10-26-19)29-30(2)23(20)27-12-15-33-22/h3-7,10-11,17,22,27H,8-9,12-15H2,1-2H3,(H,28,32). The number of nitrogens with one attached hydrogen (secondary N) is 2. The molecule has 172 valence electrons. The minimum Gasteiger partial charge on any atom is -0.369 e. The number of fused-ring (bicyclic) bond motifs is 1. The van der Waals surface area contributed by atoms with Crippen molar-refractivity contribution in [2.24, 2.45) is 13.0 Å². The third-order valence-electron chi connectivity index (χ3n) is 6.47. The highest BCUT2D eigenvalue weighted by Crippen LogP contribution is 2.48. The summed E-state index contributed by atoms with van der Waals surface area (Å²) in [5.74, 6) is 2.62. The molecule has 2 N–H and O–H groups in total. The first-order valence-corrected chi connectivity index (χ1v) is 12.5. The Morgan fingerprint density at radius 1 is 1.15 bits per heavy atom. The van der Waals surface area contributed by atoms with Crippen LogP contribution in [0.3, 0.4) is 0 Å². The highest BCUT2D eigenvalue weighted by molar-refractivity contribution is 7.99. The number of thioether (sulfide) groups is 1. The summed E-state index contributed by atoms with van der Waals surface area (Å²) in [5, 5.41) is 11.8. The maximum Gasteiger partial charge on any atom is 0.321 e. The maximum atomic E-state index is 12.8. The second kappa shape index (κ2) is 9.43. The monoisotopic (exact) mass is 463 g/mol. The van der Waals surface area contributed by atoms with Gasteiger partial charge in [-0.3, -0.25) is 14.6 Å². The van der Waals surface area contributed by atoms with E-state index in [2.05, 4.69) is 20.6 Å². The number of amides is 2. The van der Waals surface area contributed by atoms with E-state index in [4.69, 9.17) is 5.10 Å². The van der Waals surface area contributed by atoms with E-state index in [1.165, 1.54) is 5.56 Å². The largest absolute Gasteiger partial charge is 0.369 e. The number of nitrogens with zero attached hydrogens (tertiary/aromatic N) is 5. The zero-order valence-electron chi connectivity index (χ0n) is 19.0. The lowest BCUT2D eigenvalue weighted by molar-refractivity contribution is 0.182. The molecule has 1 unspecified atom stereocenters. The fourth-order valence-electron chi connectivity index (χ4n) is 4.74. The topological polar surface area (TPSA) is 88.0 Å². The van der Waals surface area contributed by atoms with Crippen LogP contribution < -0.4 is 10.6 Å². The van der Waals surface area contributed by atoms with Gasteiger partial charge in [0.05, 0.1) is 17.1 Å². The van der Waals surface area contributed by atoms with Crippen LogP contribution in [0.5, 0.6) is 0 Å². The second-order valence-corrected chi connectivity index (χ2v) is 9.81. The van der Waals surface area contributed by atoms with Crippen LogP contribution >= 0.6 is 11.8 Å². The van der Waals surface area contributed by atoms with E-state index < -0.39 is 0 Å². The molecule has 0 aromatic carbocycles. The van der Waals surface area contributed by atoms with Crippen LogP contribution in [0.4, 0.5) is 16.3 Å². The van der Waals surface area contributed by atoms with E-state index in [1.54, 1.807) is 6.20 Å². The SMILES string of the molecule is Cc1ncccc1NC(=O)N1CCC(C2SCCNc3c2c(-c2ccccn2)nn3C)CC1. The fraction of sp³-hybridized carbons (Fsp3) is 0.417. The number of hydrogen-bond donors (Lipinski definition) is 2. The van der Waals surface area contributed by atoms with Crippen molar-refractivity contribution in [3.05, 3.63) is 54.0 Å². The first-order valence-electron chi connectivity index (χ1n) is 11.4. The molecule has 0 bridgehead atoms. The van der Waals surface area contributed by atoms with Crippen LogP contribution in [0, 0.1) is 12.8 Å². The van der Waals surface area contributed by atoms with Gasteiger partial charge in [0.15, 0.2) is 0 Å². The number of aromatic nitrogens is 4. The molecule has 3 aromatic rings. The zero-order chi connectivity index (χ0) is 22.8. The van der Waals surface area contributed by atoms with Crippen molar-refractivity contribution in [3.8, 4) is 11.4 Å². The Morgan fingerprint density at radius 3 is 2.73 bits per heavy atom. The zero-order valence-corrected chi connectivity index (χ0v) is 19.8. The summed E-state index contributed by atoms with van der Waals surface area (Å²) in [6.07, 6.45) is 5.49. The lowest BCUT2D eigenvalue weighted by atomic mass is 9.88. The summed E-state index contributed by atoms with van der Waals surface area (Å²) < 4.78 is 1.96. The molecule has 0 spiro atoms. The van der Waals surface area contributed by atoms with Gasteiger partial charge in [0.1, 0.15) is 11.5 Å². The molecule has 2 aliphatic rings. The Labute approximate surface area is 198 Å². The van der Waals surface area contributed by atoms with Gasteiger partial charge in [0.2, 0.25) is 0 Å². The first-order chi connectivity index (χ1) is 16.1. The van der Waals surface area contributed by atoms with Crippen molar-refractivity contribution in [1.29, 1.82) is 0 Å². The van der Waals surface area contributed by atoms with Gasteiger partial charge in [-0.2, -0.15) is 16.9 Å². The van der Waals surface area contributed by atoms with Gasteiger partial charge in [-0.25, -0.2) is 4.79 Å². The predicted molar refractivity (Wildman–Crippen MR) is 132 cm³/mol. The van der Waals surface area contributed by atoms with Gasteiger partial charge >= 0.3 is 6.03 Å². The van der Waals surface area contributed by atoms with Crippen LogP contribution in [-0.2, 0) is 7.05 Å². The molecule has 0 saturated carbocycles. The first kappa shape index (κ1) is 21.8. The van der Waals surface area contributed by atoms with Crippen LogP contribution in [0.2, 0.25) is 0 Å². The Hall–Kier alpha value is -3.07.